The first-order valence-electron chi connectivity index (χ1n) is 3.47. The molecular formula is C9H15. The van der Waals surface area contributed by atoms with Crippen LogP contribution in [0.5, 0.6) is 0 Å². The van der Waals surface area contributed by atoms with Gasteiger partial charge in [-0.25, -0.2) is 0 Å². The third kappa shape index (κ3) is 7.48. The van der Waals surface area contributed by atoms with Crippen molar-refractivity contribution in [1.82, 2.24) is 0 Å². The minimum Gasteiger partial charge on any atom is -0.103 e. The molecule has 9 heavy (non-hydrogen) atoms. The number of rotatable bonds is 5. The Morgan fingerprint density at radius 2 is 1.89 bits per heavy atom. The highest BCUT2D eigenvalue weighted by Gasteiger charge is 1.76. The van der Waals surface area contributed by atoms with Crippen molar-refractivity contribution in [3.8, 4) is 0 Å². The molecule has 0 spiro atoms. The van der Waals surface area contributed by atoms with E-state index in [2.05, 4.69) is 25.7 Å². The lowest BCUT2D eigenvalue weighted by Gasteiger charge is -1.86. The highest BCUT2D eigenvalue weighted by molar-refractivity contribution is 4.82. The summed E-state index contributed by atoms with van der Waals surface area (Å²) in [7, 11) is 0. The zero-order valence-electron chi connectivity index (χ0n) is 5.97. The highest BCUT2D eigenvalue weighted by Crippen LogP contribution is 1.96. The molecule has 0 heteroatoms. The zero-order chi connectivity index (χ0) is 6.95. The molecule has 0 aliphatic heterocycles. The third-order valence-electron chi connectivity index (χ3n) is 1.11. The molecule has 0 bridgehead atoms. The van der Waals surface area contributed by atoms with Gasteiger partial charge in [0.25, 0.3) is 0 Å². The van der Waals surface area contributed by atoms with Crippen LogP contribution in [0.25, 0.3) is 0 Å². The summed E-state index contributed by atoms with van der Waals surface area (Å²) < 4.78 is 0. The number of unbranched alkanes of at least 4 members (excludes halogenated alkanes) is 2. The first-order valence-corrected chi connectivity index (χ1v) is 3.47. The smallest absolute Gasteiger partial charge is 0.0348 e. The second-order valence-electron chi connectivity index (χ2n) is 1.98. The third-order valence-corrected chi connectivity index (χ3v) is 1.11. The summed E-state index contributed by atoms with van der Waals surface area (Å²) in [6.07, 6.45) is 10.7. The van der Waals surface area contributed by atoms with Gasteiger partial charge in [-0.3, -0.25) is 0 Å². The quantitative estimate of drug-likeness (QED) is 0.389. The van der Waals surface area contributed by atoms with Crippen molar-refractivity contribution in [2.24, 2.45) is 0 Å². The van der Waals surface area contributed by atoms with Crippen LogP contribution < -0.4 is 0 Å². The van der Waals surface area contributed by atoms with E-state index in [1.54, 1.807) is 0 Å². The van der Waals surface area contributed by atoms with E-state index in [-0.39, 0.29) is 0 Å². The van der Waals surface area contributed by atoms with E-state index >= 15 is 0 Å². The molecule has 0 unspecified atom stereocenters. The van der Waals surface area contributed by atoms with Gasteiger partial charge in [0.1, 0.15) is 0 Å². The minimum atomic E-state index is 0.911. The fraction of sp³-hybridized carbons (Fsp3) is 0.444. The van der Waals surface area contributed by atoms with Crippen LogP contribution in [-0.4, -0.2) is 0 Å². The Labute approximate surface area is 58.3 Å². The maximum atomic E-state index is 3.70. The summed E-state index contributed by atoms with van der Waals surface area (Å²) in [5.41, 5.74) is 0. The van der Waals surface area contributed by atoms with Gasteiger partial charge in [-0.15, -0.1) is 6.58 Å². The van der Waals surface area contributed by atoms with Crippen molar-refractivity contribution in [2.75, 3.05) is 0 Å². The van der Waals surface area contributed by atoms with Gasteiger partial charge in [-0.05, 0) is 32.6 Å². The fourth-order valence-corrected chi connectivity index (χ4v) is 0.616. The van der Waals surface area contributed by atoms with Crippen LogP contribution in [0.15, 0.2) is 24.8 Å². The molecule has 0 aliphatic carbocycles. The molecule has 51 valence electrons. The Morgan fingerprint density at radius 3 is 2.44 bits per heavy atom. The first kappa shape index (κ1) is 8.48. The first-order chi connectivity index (χ1) is 4.41. The molecule has 0 aromatic rings. The summed E-state index contributed by atoms with van der Waals surface area (Å²) in [5, 5.41) is 0. The Bertz CT molecular complexity index is 80.0. The van der Waals surface area contributed by atoms with Crippen LogP contribution in [0.2, 0.25) is 0 Å². The van der Waals surface area contributed by atoms with Gasteiger partial charge in [-0.1, -0.05) is 18.2 Å². The Kier molecular flexibility index (Phi) is 7.05. The Hall–Kier alpha value is -0.520. The number of hydrogen-bond donors (Lipinski definition) is 0. The molecule has 1 radical (unpaired) electrons. The average Bonchev–Trinajstić information content (AvgIpc) is 1.89. The maximum Gasteiger partial charge on any atom is -0.0348 e. The van der Waals surface area contributed by atoms with Crippen LogP contribution in [0, 0.1) is 6.92 Å². The van der Waals surface area contributed by atoms with Gasteiger partial charge in [0.15, 0.2) is 0 Å². The van der Waals surface area contributed by atoms with Crippen LogP contribution in [0.1, 0.15) is 25.7 Å². The molecule has 0 saturated heterocycles. The largest absolute Gasteiger partial charge is 0.103 e. The SMILES string of the molecule is [CH2]CC=CCCCC=C. The van der Waals surface area contributed by atoms with E-state index in [0.29, 0.717) is 0 Å². The lowest BCUT2D eigenvalue weighted by Crippen LogP contribution is -1.66. The van der Waals surface area contributed by atoms with Gasteiger partial charge < -0.3 is 0 Å². The second-order valence-corrected chi connectivity index (χ2v) is 1.98. The van der Waals surface area contributed by atoms with Gasteiger partial charge >= 0.3 is 0 Å². The Balaban J connectivity index is 2.90. The van der Waals surface area contributed by atoms with Crippen molar-refractivity contribution in [1.29, 1.82) is 0 Å². The van der Waals surface area contributed by atoms with Gasteiger partial charge in [0, 0.05) is 0 Å². The summed E-state index contributed by atoms with van der Waals surface area (Å²) >= 11 is 0. The lowest BCUT2D eigenvalue weighted by atomic mass is 10.2. The summed E-state index contributed by atoms with van der Waals surface area (Å²) in [6, 6.07) is 0. The van der Waals surface area contributed by atoms with E-state index in [1.807, 2.05) is 6.08 Å². The van der Waals surface area contributed by atoms with Crippen molar-refractivity contribution in [3.05, 3.63) is 31.7 Å². The molecule has 0 rings (SSSR count). The molecule has 0 nitrogen and oxygen atoms in total. The standard InChI is InChI=1S/C9H15/c1-3-5-7-9-8-6-4-2/h3,6,8H,1-2,4-5,7,9H2. The van der Waals surface area contributed by atoms with Crippen molar-refractivity contribution in [2.45, 2.75) is 25.7 Å². The molecule has 0 aromatic heterocycles. The normalized spacial score (nSPS) is 10.3. The van der Waals surface area contributed by atoms with Crippen LogP contribution in [0.3, 0.4) is 0 Å². The zero-order valence-corrected chi connectivity index (χ0v) is 5.97. The molecule has 0 heterocycles. The molecule has 0 saturated carbocycles. The predicted molar refractivity (Wildman–Crippen MR) is 43.2 cm³/mol. The van der Waals surface area contributed by atoms with Crippen molar-refractivity contribution >= 4 is 0 Å². The molecule has 0 atom stereocenters. The topological polar surface area (TPSA) is 0 Å². The molecule has 0 aliphatic rings. The summed E-state index contributed by atoms with van der Waals surface area (Å²) in [4.78, 5) is 0. The Morgan fingerprint density at radius 1 is 1.11 bits per heavy atom. The second kappa shape index (κ2) is 7.48. The highest BCUT2D eigenvalue weighted by atomic mass is 13.8. The summed E-state index contributed by atoms with van der Waals surface area (Å²) in [6.45, 7) is 7.34. The number of allylic oxidation sites excluding steroid dienone is 3. The summed E-state index contributed by atoms with van der Waals surface area (Å²) in [5.74, 6) is 0. The lowest BCUT2D eigenvalue weighted by molar-refractivity contribution is 0.867. The average molecular weight is 123 g/mol. The predicted octanol–water partition coefficient (Wildman–Crippen LogP) is 3.12. The van der Waals surface area contributed by atoms with E-state index in [0.717, 1.165) is 12.8 Å². The van der Waals surface area contributed by atoms with E-state index in [1.165, 1.54) is 12.8 Å². The van der Waals surface area contributed by atoms with Crippen LogP contribution >= 0.6 is 0 Å². The minimum absolute atomic E-state index is 0.911. The molecule has 0 aromatic carbocycles. The molecule has 0 fully saturated rings. The van der Waals surface area contributed by atoms with Gasteiger partial charge in [0.05, 0.1) is 0 Å². The van der Waals surface area contributed by atoms with Crippen LogP contribution in [0.4, 0.5) is 0 Å². The van der Waals surface area contributed by atoms with Crippen molar-refractivity contribution < 1.29 is 0 Å². The maximum absolute atomic E-state index is 3.70. The fourth-order valence-electron chi connectivity index (χ4n) is 0.616. The molecule has 0 N–H and O–H groups in total. The van der Waals surface area contributed by atoms with Crippen molar-refractivity contribution in [3.63, 3.8) is 0 Å². The van der Waals surface area contributed by atoms with Gasteiger partial charge in [0.2, 0.25) is 0 Å². The number of hydrogen-bond acceptors (Lipinski definition) is 0. The monoisotopic (exact) mass is 123 g/mol. The van der Waals surface area contributed by atoms with E-state index in [4.69, 9.17) is 0 Å². The molecule has 0 amide bonds. The van der Waals surface area contributed by atoms with Gasteiger partial charge in [-0.2, -0.15) is 0 Å². The van der Waals surface area contributed by atoms with E-state index in [9.17, 15) is 0 Å². The van der Waals surface area contributed by atoms with Crippen LogP contribution in [-0.2, 0) is 0 Å². The molecular weight excluding hydrogens is 108 g/mol. The van der Waals surface area contributed by atoms with E-state index < -0.39 is 0 Å².